The molecule has 0 aromatic heterocycles. The van der Waals surface area contributed by atoms with Crippen LogP contribution in [-0.2, 0) is 9.59 Å². The molecule has 0 aliphatic carbocycles. The lowest BCUT2D eigenvalue weighted by Gasteiger charge is -2.37. The highest BCUT2D eigenvalue weighted by Crippen LogP contribution is 2.23. The first-order valence-corrected chi connectivity index (χ1v) is 9.50. The van der Waals surface area contributed by atoms with Crippen LogP contribution in [0.25, 0.3) is 0 Å². The summed E-state index contributed by atoms with van der Waals surface area (Å²) in [5.74, 6) is -0.507. The molecule has 1 amide bonds. The van der Waals surface area contributed by atoms with Crippen molar-refractivity contribution in [3.63, 3.8) is 0 Å². The van der Waals surface area contributed by atoms with Gasteiger partial charge in [0.05, 0.1) is 17.2 Å². The summed E-state index contributed by atoms with van der Waals surface area (Å²) < 4.78 is 0. The summed E-state index contributed by atoms with van der Waals surface area (Å²) in [5.41, 5.74) is 0.0320. The number of carbonyl (C=O) groups is 2. The van der Waals surface area contributed by atoms with Crippen molar-refractivity contribution in [3.05, 3.63) is 34.4 Å². The number of piperidine rings is 1. The van der Waals surface area contributed by atoms with E-state index in [-0.39, 0.29) is 29.9 Å². The number of aliphatic carboxylic acids is 1. The Morgan fingerprint density at radius 3 is 2.42 bits per heavy atom. The molecule has 1 aliphatic rings. The fourth-order valence-corrected chi connectivity index (χ4v) is 3.85. The second kappa shape index (κ2) is 9.54. The SMILES string of the molecule is CCN(CC(=O)O)C1CCN(C(=O)CSc2ccc([N+](=O)[O-])cc2)CC1. The van der Waals surface area contributed by atoms with Gasteiger partial charge >= 0.3 is 5.97 Å². The molecular weight excluding hydrogens is 358 g/mol. The summed E-state index contributed by atoms with van der Waals surface area (Å²) in [4.78, 5) is 38.0. The Morgan fingerprint density at radius 1 is 1.31 bits per heavy atom. The quantitative estimate of drug-likeness (QED) is 0.418. The minimum Gasteiger partial charge on any atom is -0.480 e. The molecule has 1 aromatic carbocycles. The average molecular weight is 381 g/mol. The van der Waals surface area contributed by atoms with Crippen molar-refractivity contribution < 1.29 is 19.6 Å². The van der Waals surface area contributed by atoms with E-state index in [4.69, 9.17) is 5.11 Å². The number of amides is 1. The Bertz CT molecular complexity index is 644. The third-order valence-corrected chi connectivity index (χ3v) is 5.48. The summed E-state index contributed by atoms with van der Waals surface area (Å²) in [6.07, 6.45) is 1.55. The zero-order chi connectivity index (χ0) is 19.1. The first-order valence-electron chi connectivity index (χ1n) is 8.51. The van der Waals surface area contributed by atoms with Crippen molar-refractivity contribution in [3.8, 4) is 0 Å². The molecule has 1 fully saturated rings. The Morgan fingerprint density at radius 2 is 1.92 bits per heavy atom. The number of nitro benzene ring substituents is 1. The minimum atomic E-state index is -0.829. The van der Waals surface area contributed by atoms with Crippen molar-refractivity contribution >= 4 is 29.3 Å². The van der Waals surface area contributed by atoms with Crippen LogP contribution in [0.15, 0.2) is 29.2 Å². The Hall–Kier alpha value is -2.13. The molecule has 0 atom stereocenters. The standard InChI is InChI=1S/C17H23N3O5S/c1-2-18(11-17(22)23)13-7-9-19(10-8-13)16(21)12-26-15-5-3-14(4-6-15)20(24)25/h3-6,13H,2,7-12H2,1H3,(H,22,23). The summed E-state index contributed by atoms with van der Waals surface area (Å²) in [5, 5.41) is 19.6. The molecule has 0 spiro atoms. The van der Waals surface area contributed by atoms with Gasteiger partial charge < -0.3 is 10.0 Å². The van der Waals surface area contributed by atoms with E-state index in [2.05, 4.69) is 0 Å². The van der Waals surface area contributed by atoms with Crippen LogP contribution in [0.4, 0.5) is 5.69 Å². The largest absolute Gasteiger partial charge is 0.480 e. The fourth-order valence-electron chi connectivity index (χ4n) is 3.05. The molecule has 0 bridgehead atoms. The molecule has 9 heteroatoms. The lowest BCUT2D eigenvalue weighted by molar-refractivity contribution is -0.384. The summed E-state index contributed by atoms with van der Waals surface area (Å²) in [6.45, 7) is 3.91. The fraction of sp³-hybridized carbons (Fsp3) is 0.529. The first kappa shape index (κ1) is 20.2. The topological polar surface area (TPSA) is 104 Å². The number of carboxylic acid groups (broad SMARTS) is 1. The number of likely N-dealkylation sites (tertiary alicyclic amines) is 1. The number of carbonyl (C=O) groups excluding carboxylic acids is 1. The van der Waals surface area contributed by atoms with Gasteiger partial charge in [-0.25, -0.2) is 0 Å². The third kappa shape index (κ3) is 5.70. The number of likely N-dealkylation sites (N-methyl/N-ethyl adjacent to an activating group) is 1. The van der Waals surface area contributed by atoms with Crippen molar-refractivity contribution in [2.75, 3.05) is 31.9 Å². The molecule has 1 aliphatic heterocycles. The van der Waals surface area contributed by atoms with Crippen molar-refractivity contribution in [2.24, 2.45) is 0 Å². The number of nitrogens with zero attached hydrogens (tertiary/aromatic N) is 3. The maximum atomic E-state index is 12.4. The van der Waals surface area contributed by atoms with Gasteiger partial charge in [0.2, 0.25) is 5.91 Å². The number of thioether (sulfide) groups is 1. The van der Waals surface area contributed by atoms with E-state index >= 15 is 0 Å². The van der Waals surface area contributed by atoms with Gasteiger partial charge in [0.25, 0.3) is 5.69 Å². The number of carboxylic acids is 1. The van der Waals surface area contributed by atoms with Gasteiger partial charge in [-0.3, -0.25) is 24.6 Å². The maximum Gasteiger partial charge on any atom is 0.317 e. The van der Waals surface area contributed by atoms with Crippen LogP contribution >= 0.6 is 11.8 Å². The normalized spacial score (nSPS) is 15.2. The van der Waals surface area contributed by atoms with Gasteiger partial charge in [-0.2, -0.15) is 0 Å². The highest BCUT2D eigenvalue weighted by molar-refractivity contribution is 8.00. The zero-order valence-electron chi connectivity index (χ0n) is 14.7. The van der Waals surface area contributed by atoms with Crippen LogP contribution in [0.2, 0.25) is 0 Å². The van der Waals surface area contributed by atoms with Crippen molar-refractivity contribution in [2.45, 2.75) is 30.7 Å². The van der Waals surface area contributed by atoms with Crippen LogP contribution in [0, 0.1) is 10.1 Å². The first-order chi connectivity index (χ1) is 12.4. The molecule has 0 saturated carbocycles. The van der Waals surface area contributed by atoms with Crippen LogP contribution in [-0.4, -0.2) is 69.7 Å². The molecule has 8 nitrogen and oxygen atoms in total. The van der Waals surface area contributed by atoms with Gasteiger partial charge in [-0.15, -0.1) is 11.8 Å². The van der Waals surface area contributed by atoms with Crippen LogP contribution in [0.1, 0.15) is 19.8 Å². The number of rotatable bonds is 8. The third-order valence-electron chi connectivity index (χ3n) is 4.49. The minimum absolute atomic E-state index is 0.0320. The summed E-state index contributed by atoms with van der Waals surface area (Å²) >= 11 is 1.36. The van der Waals surface area contributed by atoms with E-state index in [1.807, 2.05) is 16.7 Å². The monoisotopic (exact) mass is 381 g/mol. The molecule has 2 rings (SSSR count). The Balaban J connectivity index is 1.79. The highest BCUT2D eigenvalue weighted by atomic mass is 32.2. The van der Waals surface area contributed by atoms with Crippen molar-refractivity contribution in [1.29, 1.82) is 0 Å². The zero-order valence-corrected chi connectivity index (χ0v) is 15.5. The van der Waals surface area contributed by atoms with Gasteiger partial charge in [0, 0.05) is 36.2 Å². The average Bonchev–Trinajstić information content (AvgIpc) is 2.64. The van der Waals surface area contributed by atoms with Gasteiger partial charge in [-0.05, 0) is 31.5 Å². The second-order valence-electron chi connectivity index (χ2n) is 6.11. The summed E-state index contributed by atoms with van der Waals surface area (Å²) in [7, 11) is 0. The molecule has 0 radical (unpaired) electrons. The van der Waals surface area contributed by atoms with E-state index in [0.717, 1.165) is 17.7 Å². The molecule has 0 unspecified atom stereocenters. The predicted molar refractivity (Wildman–Crippen MR) is 98.3 cm³/mol. The van der Waals surface area contributed by atoms with E-state index in [0.29, 0.717) is 19.6 Å². The Labute approximate surface area is 156 Å². The van der Waals surface area contributed by atoms with E-state index in [1.54, 1.807) is 12.1 Å². The highest BCUT2D eigenvalue weighted by Gasteiger charge is 2.27. The van der Waals surface area contributed by atoms with Crippen molar-refractivity contribution in [1.82, 2.24) is 9.80 Å². The van der Waals surface area contributed by atoms with E-state index in [1.165, 1.54) is 23.9 Å². The number of benzene rings is 1. The molecule has 26 heavy (non-hydrogen) atoms. The molecular formula is C17H23N3O5S. The van der Waals surface area contributed by atoms with Crippen LogP contribution in [0.5, 0.6) is 0 Å². The predicted octanol–water partition coefficient (Wildman–Crippen LogP) is 2.08. The van der Waals surface area contributed by atoms with Crippen LogP contribution in [0.3, 0.4) is 0 Å². The molecule has 1 aromatic rings. The number of non-ortho nitro benzene ring substituents is 1. The van der Waals surface area contributed by atoms with Gasteiger partial charge in [0.1, 0.15) is 0 Å². The van der Waals surface area contributed by atoms with Gasteiger partial charge in [-0.1, -0.05) is 6.92 Å². The molecule has 142 valence electrons. The number of hydrogen-bond donors (Lipinski definition) is 1. The molecule has 1 N–H and O–H groups in total. The lowest BCUT2D eigenvalue weighted by Crippen LogP contribution is -2.48. The van der Waals surface area contributed by atoms with Gasteiger partial charge in [0.15, 0.2) is 0 Å². The molecule has 1 saturated heterocycles. The lowest BCUT2D eigenvalue weighted by atomic mass is 10.0. The smallest absolute Gasteiger partial charge is 0.317 e. The number of hydrogen-bond acceptors (Lipinski definition) is 6. The summed E-state index contributed by atoms with van der Waals surface area (Å²) in [6, 6.07) is 6.35. The maximum absolute atomic E-state index is 12.4. The molecule has 1 heterocycles. The van der Waals surface area contributed by atoms with Crippen LogP contribution < -0.4 is 0 Å². The number of nitro groups is 1. The van der Waals surface area contributed by atoms with E-state index in [9.17, 15) is 19.7 Å². The van der Waals surface area contributed by atoms with E-state index < -0.39 is 10.9 Å². The Kier molecular flexibility index (Phi) is 7.40. The second-order valence-corrected chi connectivity index (χ2v) is 7.16.